The first-order valence-electron chi connectivity index (χ1n) is 22.1. The van der Waals surface area contributed by atoms with Gasteiger partial charge in [-0.15, -0.1) is 0 Å². The normalized spacial score (nSPS) is 11.4. The first-order valence-corrected chi connectivity index (χ1v) is 22.8. The van der Waals surface area contributed by atoms with E-state index in [-0.39, 0.29) is 10.8 Å². The summed E-state index contributed by atoms with van der Waals surface area (Å²) in [6.45, 7) is 13.3. The molecule has 0 spiro atoms. The average Bonchev–Trinajstić information content (AvgIpc) is 3.89. The van der Waals surface area contributed by atoms with Gasteiger partial charge in [-0.2, -0.15) is 0 Å². The second-order valence-electron chi connectivity index (χ2n) is 18.3. The zero-order chi connectivity index (χ0) is 45.6. The van der Waals surface area contributed by atoms with Gasteiger partial charge in [0, 0.05) is 65.3 Å². The molecule has 324 valence electrons. The van der Waals surface area contributed by atoms with E-state index in [4.69, 9.17) is 14.6 Å². The molecule has 0 unspecified atom stereocenters. The van der Waals surface area contributed by atoms with Crippen LogP contribution in [0.25, 0.3) is 66.8 Å². The van der Waals surface area contributed by atoms with Crippen molar-refractivity contribution in [2.75, 3.05) is 11.1 Å². The highest BCUT2D eigenvalue weighted by Gasteiger charge is 2.19. The standard InChI is InChI=1S/C30H27NO.C20H13BrO.C10H15N/c1-30(2,3)23-14-16-24(17-15-23)31-25-18-19-26-27(20-25)29(22-12-8-5-9-13-22)32-28(26)21-10-6-4-7-11-21;21-16-11-12-17-18(13-16)20(15-9-5-2-6-10-15)22-19(17)14-7-3-1-4-8-14;1-10(2,3)8-4-6-9(11)7-5-8/h4-20,31H,1-3H3;1-13H;4-7H,11H2,1-3H3. The van der Waals surface area contributed by atoms with Crippen molar-refractivity contribution in [2.24, 2.45) is 0 Å². The second-order valence-corrected chi connectivity index (χ2v) is 19.2. The lowest BCUT2D eigenvalue weighted by Crippen LogP contribution is -2.10. The first-order chi connectivity index (χ1) is 31.3. The molecule has 2 aromatic heterocycles. The molecule has 2 heterocycles. The highest BCUT2D eigenvalue weighted by Crippen LogP contribution is 2.42. The van der Waals surface area contributed by atoms with E-state index >= 15 is 0 Å². The fourth-order valence-electron chi connectivity index (χ4n) is 7.75. The van der Waals surface area contributed by atoms with Crippen molar-refractivity contribution in [1.29, 1.82) is 0 Å². The van der Waals surface area contributed by atoms with Crippen LogP contribution in [0.15, 0.2) is 220 Å². The Morgan fingerprint density at radius 3 is 1.11 bits per heavy atom. The van der Waals surface area contributed by atoms with Gasteiger partial charge in [0.2, 0.25) is 0 Å². The Labute approximate surface area is 391 Å². The minimum Gasteiger partial charge on any atom is -0.455 e. The molecule has 0 aliphatic carbocycles. The number of halogens is 1. The van der Waals surface area contributed by atoms with Crippen molar-refractivity contribution >= 4 is 54.5 Å². The van der Waals surface area contributed by atoms with Crippen LogP contribution in [0, 0.1) is 0 Å². The van der Waals surface area contributed by atoms with E-state index in [2.05, 4.69) is 184 Å². The van der Waals surface area contributed by atoms with E-state index in [0.717, 1.165) is 88.4 Å². The Bertz CT molecular complexity index is 3110. The van der Waals surface area contributed by atoms with E-state index < -0.39 is 0 Å². The van der Waals surface area contributed by atoms with Crippen molar-refractivity contribution in [3.8, 4) is 45.3 Å². The summed E-state index contributed by atoms with van der Waals surface area (Å²) in [6, 6.07) is 70.6. The molecule has 10 aromatic rings. The summed E-state index contributed by atoms with van der Waals surface area (Å²) in [5.41, 5.74) is 15.9. The topological polar surface area (TPSA) is 64.3 Å². The molecule has 10 rings (SSSR count). The molecule has 0 amide bonds. The predicted octanol–water partition coefficient (Wildman–Crippen LogP) is 17.9. The van der Waals surface area contributed by atoms with Crippen LogP contribution in [0.3, 0.4) is 0 Å². The molecule has 0 saturated carbocycles. The summed E-state index contributed by atoms with van der Waals surface area (Å²) in [5.74, 6) is 3.63. The largest absolute Gasteiger partial charge is 0.455 e. The molecule has 5 heteroatoms. The molecule has 0 saturated heterocycles. The van der Waals surface area contributed by atoms with Gasteiger partial charge in [-0.3, -0.25) is 0 Å². The molecule has 0 atom stereocenters. The maximum atomic E-state index is 6.47. The lowest BCUT2D eigenvalue weighted by atomic mass is 9.87. The molecule has 8 aromatic carbocycles. The summed E-state index contributed by atoms with van der Waals surface area (Å²) in [4.78, 5) is 0. The summed E-state index contributed by atoms with van der Waals surface area (Å²) < 4.78 is 13.8. The first kappa shape index (κ1) is 44.5. The van der Waals surface area contributed by atoms with Crippen LogP contribution in [0.1, 0.15) is 52.7 Å². The second kappa shape index (κ2) is 19.3. The Balaban J connectivity index is 0.000000150. The van der Waals surface area contributed by atoms with E-state index in [1.54, 1.807) is 0 Å². The molecular formula is C60H55BrN2O2. The molecule has 4 nitrogen and oxygen atoms in total. The third kappa shape index (κ3) is 10.7. The van der Waals surface area contributed by atoms with Crippen LogP contribution in [0.5, 0.6) is 0 Å². The van der Waals surface area contributed by atoms with E-state index in [9.17, 15) is 0 Å². The van der Waals surface area contributed by atoms with Crippen molar-refractivity contribution in [2.45, 2.75) is 52.4 Å². The van der Waals surface area contributed by atoms with E-state index in [1.165, 1.54) is 11.1 Å². The molecule has 0 fully saturated rings. The molecule has 65 heavy (non-hydrogen) atoms. The van der Waals surface area contributed by atoms with Crippen molar-refractivity contribution in [3.05, 3.63) is 222 Å². The highest BCUT2D eigenvalue weighted by atomic mass is 79.9. The van der Waals surface area contributed by atoms with E-state index in [1.807, 2.05) is 84.9 Å². The van der Waals surface area contributed by atoms with Gasteiger partial charge in [0.1, 0.15) is 23.0 Å². The Hall–Kier alpha value is -7.08. The van der Waals surface area contributed by atoms with Gasteiger partial charge >= 0.3 is 0 Å². The number of fused-ring (bicyclic) bond motifs is 2. The Morgan fingerprint density at radius 2 is 0.708 bits per heavy atom. The number of hydrogen-bond donors (Lipinski definition) is 2. The predicted molar refractivity (Wildman–Crippen MR) is 280 cm³/mol. The van der Waals surface area contributed by atoms with Crippen LogP contribution < -0.4 is 11.1 Å². The van der Waals surface area contributed by atoms with Gasteiger partial charge in [-0.25, -0.2) is 0 Å². The van der Waals surface area contributed by atoms with Gasteiger partial charge in [-0.05, 0) is 82.6 Å². The minimum absolute atomic E-state index is 0.145. The third-order valence-corrected chi connectivity index (χ3v) is 11.8. The molecule has 0 radical (unpaired) electrons. The number of furan rings is 2. The number of nitrogen functional groups attached to an aromatic ring is 1. The smallest absolute Gasteiger partial charge is 0.142 e. The fraction of sp³-hybridized carbons (Fsp3) is 0.133. The lowest BCUT2D eigenvalue weighted by molar-refractivity contribution is 0.590. The molecule has 0 bridgehead atoms. The summed E-state index contributed by atoms with van der Waals surface area (Å²) in [7, 11) is 0. The minimum atomic E-state index is 0.145. The summed E-state index contributed by atoms with van der Waals surface area (Å²) in [6.07, 6.45) is 0. The van der Waals surface area contributed by atoms with Crippen LogP contribution in [-0.2, 0) is 10.8 Å². The van der Waals surface area contributed by atoms with Crippen molar-refractivity contribution in [3.63, 3.8) is 0 Å². The number of hydrogen-bond acceptors (Lipinski definition) is 4. The number of anilines is 3. The van der Waals surface area contributed by atoms with Gasteiger partial charge in [0.15, 0.2) is 0 Å². The number of benzene rings is 8. The maximum Gasteiger partial charge on any atom is 0.142 e. The maximum absolute atomic E-state index is 6.47. The van der Waals surface area contributed by atoms with Gasteiger partial charge < -0.3 is 19.9 Å². The number of nitrogens with two attached hydrogens (primary N) is 1. The van der Waals surface area contributed by atoms with Gasteiger partial charge in [-0.1, -0.05) is 203 Å². The van der Waals surface area contributed by atoms with Gasteiger partial charge in [0.05, 0.1) is 0 Å². The number of nitrogens with one attached hydrogen (secondary N) is 1. The Kier molecular flexibility index (Phi) is 13.3. The SMILES string of the molecule is Brc1ccc2c(-c3ccccc3)oc(-c3ccccc3)c2c1.CC(C)(C)c1ccc(N)cc1.CC(C)(C)c1ccc(Nc2ccc3c(-c4ccccc4)oc(-c4ccccc4)c3c2)cc1. The molecule has 3 N–H and O–H groups in total. The summed E-state index contributed by atoms with van der Waals surface area (Å²) >= 11 is 3.56. The lowest BCUT2D eigenvalue weighted by Gasteiger charge is -2.19. The van der Waals surface area contributed by atoms with Gasteiger partial charge in [0.25, 0.3) is 0 Å². The third-order valence-electron chi connectivity index (χ3n) is 11.3. The quantitative estimate of drug-likeness (QED) is 0.163. The molecular weight excluding hydrogens is 861 g/mol. The van der Waals surface area contributed by atoms with E-state index in [0.29, 0.717) is 0 Å². The van der Waals surface area contributed by atoms with Crippen molar-refractivity contribution in [1.82, 2.24) is 0 Å². The van der Waals surface area contributed by atoms with Crippen LogP contribution in [0.4, 0.5) is 17.1 Å². The van der Waals surface area contributed by atoms with Crippen LogP contribution in [0.2, 0.25) is 0 Å². The highest BCUT2D eigenvalue weighted by molar-refractivity contribution is 9.10. The molecule has 0 aliphatic rings. The zero-order valence-electron chi connectivity index (χ0n) is 37.9. The van der Waals surface area contributed by atoms with Crippen molar-refractivity contribution < 1.29 is 8.83 Å². The van der Waals surface area contributed by atoms with Crippen LogP contribution in [-0.4, -0.2) is 0 Å². The Morgan fingerprint density at radius 1 is 0.369 bits per heavy atom. The average molecular weight is 916 g/mol. The number of rotatable bonds is 6. The monoisotopic (exact) mass is 914 g/mol. The fourth-order valence-corrected chi connectivity index (χ4v) is 8.11. The zero-order valence-corrected chi connectivity index (χ0v) is 39.5. The van der Waals surface area contributed by atoms with Crippen LogP contribution >= 0.6 is 15.9 Å². The molecule has 0 aliphatic heterocycles. The summed E-state index contributed by atoms with van der Waals surface area (Å²) in [5, 5.41) is 8.04.